The van der Waals surface area contributed by atoms with Crippen molar-refractivity contribution in [3.05, 3.63) is 40.6 Å². The molecule has 12 nitrogen and oxygen atoms in total. The normalized spacial score (nSPS) is 24.4. The summed E-state index contributed by atoms with van der Waals surface area (Å²) in [7, 11) is 0. The second-order valence-electron chi connectivity index (χ2n) is 7.86. The topological polar surface area (TPSA) is 200 Å². The van der Waals surface area contributed by atoms with E-state index in [4.69, 9.17) is 18.6 Å². The van der Waals surface area contributed by atoms with Crippen molar-refractivity contribution in [2.75, 3.05) is 13.2 Å². The van der Waals surface area contributed by atoms with E-state index < -0.39 is 60.0 Å². The van der Waals surface area contributed by atoms with Gasteiger partial charge in [-0.25, -0.2) is 0 Å². The molecule has 1 saturated heterocycles. The van der Waals surface area contributed by atoms with Crippen molar-refractivity contribution >= 4 is 11.0 Å². The van der Waals surface area contributed by atoms with Gasteiger partial charge in [0.2, 0.25) is 17.5 Å². The van der Waals surface area contributed by atoms with Gasteiger partial charge in [-0.1, -0.05) is 0 Å². The largest absolute Gasteiger partial charge is 0.508 e. The number of rotatable bonds is 6. The van der Waals surface area contributed by atoms with Gasteiger partial charge >= 0.3 is 0 Å². The summed E-state index contributed by atoms with van der Waals surface area (Å²) >= 11 is 0. The fourth-order valence-electron chi connectivity index (χ4n) is 3.77. The molecule has 0 unspecified atom stereocenters. The number of aromatic hydroxyl groups is 3. The number of aliphatic hydroxyl groups excluding tert-OH is 4. The Bertz CT molecular complexity index is 1280. The number of fused-ring (bicyclic) bond motifs is 1. The highest BCUT2D eigenvalue weighted by atomic mass is 16.7. The third kappa shape index (κ3) is 4.45. The average molecular weight is 492 g/mol. The monoisotopic (exact) mass is 492 g/mol. The standard InChI is InChI=1S/C23H24O12/c1-2-32-13-6-10(25)7-14-16(13)18(29)22(21(33-14)9-3-4-11(26)12(27)5-9)35-23-20(31)19(30)17(28)15(8-24)34-23/h3-7,15,17,19-20,23-28,30-31H,2,8H2,1H3/t15-,17-,19+,20-,23+/m1/s1. The molecule has 1 aromatic heterocycles. The number of hydrogen-bond donors (Lipinski definition) is 7. The fraction of sp³-hybridized carbons (Fsp3) is 0.348. The van der Waals surface area contributed by atoms with E-state index in [-0.39, 0.29) is 40.4 Å². The van der Waals surface area contributed by atoms with Gasteiger partial charge in [0, 0.05) is 17.7 Å². The summed E-state index contributed by atoms with van der Waals surface area (Å²) < 4.78 is 22.3. The van der Waals surface area contributed by atoms with Gasteiger partial charge in [-0.05, 0) is 25.1 Å². The third-order valence-corrected chi connectivity index (χ3v) is 5.52. The predicted molar refractivity (Wildman–Crippen MR) is 118 cm³/mol. The van der Waals surface area contributed by atoms with E-state index in [0.29, 0.717) is 0 Å². The molecule has 0 aliphatic carbocycles. The van der Waals surface area contributed by atoms with Gasteiger partial charge in [-0.2, -0.15) is 0 Å². The van der Waals surface area contributed by atoms with Crippen molar-refractivity contribution in [2.45, 2.75) is 37.6 Å². The Labute approximate surface area is 197 Å². The first-order chi connectivity index (χ1) is 16.7. The molecular formula is C23H24O12. The lowest BCUT2D eigenvalue weighted by atomic mass is 9.99. The van der Waals surface area contributed by atoms with Crippen molar-refractivity contribution < 1.29 is 54.4 Å². The first-order valence-electron chi connectivity index (χ1n) is 10.6. The average Bonchev–Trinajstić information content (AvgIpc) is 2.82. The Morgan fingerprint density at radius 2 is 1.71 bits per heavy atom. The summed E-state index contributed by atoms with van der Waals surface area (Å²) in [4.78, 5) is 13.6. The first-order valence-corrected chi connectivity index (χ1v) is 10.6. The van der Waals surface area contributed by atoms with Crippen LogP contribution in [0.25, 0.3) is 22.3 Å². The van der Waals surface area contributed by atoms with Crippen LogP contribution < -0.4 is 14.9 Å². The molecule has 188 valence electrons. The van der Waals surface area contributed by atoms with Crippen LogP contribution in [-0.2, 0) is 4.74 Å². The maximum Gasteiger partial charge on any atom is 0.239 e. The van der Waals surface area contributed by atoms with E-state index in [0.717, 1.165) is 12.1 Å². The fourth-order valence-corrected chi connectivity index (χ4v) is 3.77. The molecule has 0 spiro atoms. The van der Waals surface area contributed by atoms with Crippen molar-refractivity contribution in [2.24, 2.45) is 0 Å². The summed E-state index contributed by atoms with van der Waals surface area (Å²) in [6.45, 7) is 1.09. The predicted octanol–water partition coefficient (Wildman–Crippen LogP) is 0.154. The number of phenolic OH excluding ortho intramolecular Hbond substituents is 3. The van der Waals surface area contributed by atoms with Crippen molar-refractivity contribution in [1.29, 1.82) is 0 Å². The zero-order chi connectivity index (χ0) is 25.4. The van der Waals surface area contributed by atoms with E-state index in [1.807, 2.05) is 0 Å². The van der Waals surface area contributed by atoms with Crippen molar-refractivity contribution in [3.8, 4) is 40.1 Å². The number of ether oxygens (including phenoxy) is 3. The van der Waals surface area contributed by atoms with E-state index >= 15 is 0 Å². The maximum absolute atomic E-state index is 13.6. The van der Waals surface area contributed by atoms with Gasteiger partial charge in [0.1, 0.15) is 46.9 Å². The Kier molecular flexibility index (Phi) is 6.74. The quantitative estimate of drug-likeness (QED) is 0.230. The zero-order valence-electron chi connectivity index (χ0n) is 18.4. The molecule has 2 heterocycles. The molecule has 1 aliphatic rings. The number of benzene rings is 2. The lowest BCUT2D eigenvalue weighted by Gasteiger charge is -2.39. The van der Waals surface area contributed by atoms with Crippen LogP contribution in [0.4, 0.5) is 0 Å². The van der Waals surface area contributed by atoms with Gasteiger partial charge in [-0.15, -0.1) is 0 Å². The molecule has 7 N–H and O–H groups in total. The van der Waals surface area contributed by atoms with E-state index in [1.54, 1.807) is 6.92 Å². The third-order valence-electron chi connectivity index (χ3n) is 5.52. The SMILES string of the molecule is CCOc1cc(O)cc2oc(-c3ccc(O)c(O)c3)c(O[C@@H]3O[C@H](CO)[C@@H](O)[C@H](O)[C@H]3O)c(=O)c12. The van der Waals surface area contributed by atoms with Crippen molar-refractivity contribution in [3.63, 3.8) is 0 Å². The summed E-state index contributed by atoms with van der Waals surface area (Å²) in [5.74, 6) is -2.05. The molecule has 0 amide bonds. The second-order valence-corrected chi connectivity index (χ2v) is 7.86. The van der Waals surface area contributed by atoms with Gasteiger partial charge in [-0.3, -0.25) is 4.79 Å². The smallest absolute Gasteiger partial charge is 0.239 e. The summed E-state index contributed by atoms with van der Waals surface area (Å²) in [6.07, 6.45) is -8.26. The van der Waals surface area contributed by atoms with Gasteiger partial charge < -0.3 is 54.4 Å². The van der Waals surface area contributed by atoms with E-state index in [1.165, 1.54) is 18.2 Å². The van der Waals surface area contributed by atoms with Crippen LogP contribution in [0.5, 0.6) is 28.7 Å². The zero-order valence-corrected chi connectivity index (χ0v) is 18.4. The Balaban J connectivity index is 1.93. The van der Waals surface area contributed by atoms with Crippen LogP contribution in [0.3, 0.4) is 0 Å². The molecular weight excluding hydrogens is 468 g/mol. The molecule has 2 aromatic carbocycles. The minimum absolute atomic E-state index is 0.0185. The molecule has 0 saturated carbocycles. The van der Waals surface area contributed by atoms with E-state index in [9.17, 15) is 40.5 Å². The molecule has 12 heteroatoms. The molecule has 5 atom stereocenters. The number of aliphatic hydroxyl groups is 4. The van der Waals surface area contributed by atoms with Gasteiger partial charge in [0.25, 0.3) is 0 Å². The van der Waals surface area contributed by atoms with Crippen LogP contribution in [0.1, 0.15) is 6.92 Å². The molecule has 0 radical (unpaired) electrons. The molecule has 4 rings (SSSR count). The Morgan fingerprint density at radius 1 is 0.971 bits per heavy atom. The highest BCUT2D eigenvalue weighted by Gasteiger charge is 2.45. The Morgan fingerprint density at radius 3 is 2.37 bits per heavy atom. The molecule has 3 aromatic rings. The summed E-state index contributed by atoms with van der Waals surface area (Å²) in [5, 5.41) is 69.6. The van der Waals surface area contributed by atoms with E-state index in [2.05, 4.69) is 0 Å². The van der Waals surface area contributed by atoms with Crippen LogP contribution in [0.15, 0.2) is 39.5 Å². The molecule has 35 heavy (non-hydrogen) atoms. The maximum atomic E-state index is 13.6. The highest BCUT2D eigenvalue weighted by Crippen LogP contribution is 2.39. The molecule has 1 fully saturated rings. The van der Waals surface area contributed by atoms with Gasteiger partial charge in [0.15, 0.2) is 17.3 Å². The number of phenols is 3. The molecule has 1 aliphatic heterocycles. The van der Waals surface area contributed by atoms with Crippen LogP contribution >= 0.6 is 0 Å². The highest BCUT2D eigenvalue weighted by molar-refractivity contribution is 5.88. The Hall–Kier alpha value is -3.55. The van der Waals surface area contributed by atoms with Gasteiger partial charge in [0.05, 0.1) is 13.2 Å². The van der Waals surface area contributed by atoms with Crippen LogP contribution in [-0.4, -0.2) is 79.7 Å². The lowest BCUT2D eigenvalue weighted by Crippen LogP contribution is -2.60. The minimum atomic E-state index is -1.82. The van der Waals surface area contributed by atoms with Crippen LogP contribution in [0.2, 0.25) is 0 Å². The summed E-state index contributed by atoms with van der Waals surface area (Å²) in [5.41, 5.74) is -0.836. The minimum Gasteiger partial charge on any atom is -0.508 e. The number of hydrogen-bond acceptors (Lipinski definition) is 12. The summed E-state index contributed by atoms with van der Waals surface area (Å²) in [6, 6.07) is 5.91. The lowest BCUT2D eigenvalue weighted by molar-refractivity contribution is -0.277. The van der Waals surface area contributed by atoms with Crippen LogP contribution in [0, 0.1) is 0 Å². The molecule has 0 bridgehead atoms. The van der Waals surface area contributed by atoms with Crippen molar-refractivity contribution in [1.82, 2.24) is 0 Å². The first kappa shape index (κ1) is 24.6. The second kappa shape index (κ2) is 9.60.